The highest BCUT2D eigenvalue weighted by Crippen LogP contribution is 2.39. The highest BCUT2D eigenvalue weighted by atomic mass is 19.4. The lowest BCUT2D eigenvalue weighted by Crippen LogP contribution is -2.36. The Bertz CT molecular complexity index is 821. The molecule has 1 aliphatic rings. The molecule has 0 saturated carbocycles. The Hall–Kier alpha value is -2.74. The Labute approximate surface area is 167 Å². The summed E-state index contributed by atoms with van der Waals surface area (Å²) < 4.78 is 51.1. The minimum absolute atomic E-state index is 0.0337. The van der Waals surface area contributed by atoms with Crippen LogP contribution in [0.1, 0.15) is 5.56 Å². The van der Waals surface area contributed by atoms with E-state index in [4.69, 9.17) is 9.47 Å². The summed E-state index contributed by atoms with van der Waals surface area (Å²) in [4.78, 5) is 14.4. The molecule has 1 fully saturated rings. The van der Waals surface area contributed by atoms with E-state index in [1.54, 1.807) is 23.1 Å². The van der Waals surface area contributed by atoms with Gasteiger partial charge in [0.15, 0.2) is 0 Å². The SMILES string of the molecule is COc1cc(NC(=O)[C@H]2CN(Cc3ccccc3)C[C@@H]2C(F)(F)F)cc(OC)c1. The molecule has 0 radical (unpaired) electrons. The van der Waals surface area contributed by atoms with Crippen LogP contribution in [0.4, 0.5) is 18.9 Å². The third kappa shape index (κ3) is 5.20. The highest BCUT2D eigenvalue weighted by molar-refractivity contribution is 5.93. The first-order chi connectivity index (χ1) is 13.8. The zero-order valence-electron chi connectivity index (χ0n) is 16.2. The number of carbonyl (C=O) groups is 1. The van der Waals surface area contributed by atoms with Gasteiger partial charge < -0.3 is 14.8 Å². The maximum atomic E-state index is 13.6. The maximum absolute atomic E-state index is 13.6. The van der Waals surface area contributed by atoms with E-state index >= 15 is 0 Å². The fourth-order valence-electron chi connectivity index (χ4n) is 3.57. The van der Waals surface area contributed by atoms with Gasteiger partial charge in [0.1, 0.15) is 11.5 Å². The molecule has 1 amide bonds. The standard InChI is InChI=1S/C21H23F3N2O3/c1-28-16-8-15(9-17(10-16)29-2)25-20(27)18-12-26(13-19(18)21(22,23)24)11-14-6-4-3-5-7-14/h3-10,18-19H,11-13H2,1-2H3,(H,25,27)/t18-,19-/m0/s1. The Morgan fingerprint density at radius 1 is 1.07 bits per heavy atom. The predicted molar refractivity (Wildman–Crippen MR) is 103 cm³/mol. The third-order valence-corrected chi connectivity index (χ3v) is 5.02. The van der Waals surface area contributed by atoms with E-state index in [-0.39, 0.29) is 13.1 Å². The molecule has 0 unspecified atom stereocenters. The number of ether oxygens (including phenoxy) is 2. The number of amides is 1. The minimum atomic E-state index is -4.46. The van der Waals surface area contributed by atoms with Crippen LogP contribution in [-0.2, 0) is 11.3 Å². The highest BCUT2D eigenvalue weighted by Gasteiger charge is 2.52. The van der Waals surface area contributed by atoms with Gasteiger partial charge in [0, 0.05) is 43.5 Å². The minimum Gasteiger partial charge on any atom is -0.497 e. The summed E-state index contributed by atoms with van der Waals surface area (Å²) in [5.41, 5.74) is 1.24. The smallest absolute Gasteiger partial charge is 0.393 e. The van der Waals surface area contributed by atoms with Crippen molar-refractivity contribution in [2.24, 2.45) is 11.8 Å². The molecule has 1 saturated heterocycles. The second-order valence-electron chi connectivity index (χ2n) is 7.02. The van der Waals surface area contributed by atoms with Gasteiger partial charge in [-0.15, -0.1) is 0 Å². The molecule has 0 bridgehead atoms. The Morgan fingerprint density at radius 3 is 2.24 bits per heavy atom. The number of hydrogen-bond donors (Lipinski definition) is 1. The van der Waals surface area contributed by atoms with Gasteiger partial charge in [-0.2, -0.15) is 13.2 Å². The molecule has 2 aromatic rings. The number of carbonyl (C=O) groups excluding carboxylic acids is 1. The quantitative estimate of drug-likeness (QED) is 0.786. The number of methoxy groups -OCH3 is 2. The number of halogens is 3. The van der Waals surface area contributed by atoms with E-state index in [0.29, 0.717) is 23.7 Å². The number of likely N-dealkylation sites (tertiary alicyclic amines) is 1. The Balaban J connectivity index is 1.76. The molecule has 0 aromatic heterocycles. The van der Waals surface area contributed by atoms with Crippen molar-refractivity contribution in [3.63, 3.8) is 0 Å². The van der Waals surface area contributed by atoms with Crippen LogP contribution < -0.4 is 14.8 Å². The van der Waals surface area contributed by atoms with Gasteiger partial charge in [-0.05, 0) is 5.56 Å². The lowest BCUT2D eigenvalue weighted by molar-refractivity contribution is -0.182. The molecular weight excluding hydrogens is 385 g/mol. The lowest BCUT2D eigenvalue weighted by Gasteiger charge is -2.21. The lowest BCUT2D eigenvalue weighted by atomic mass is 9.94. The fourth-order valence-corrected chi connectivity index (χ4v) is 3.57. The summed E-state index contributed by atoms with van der Waals surface area (Å²) in [7, 11) is 2.91. The molecule has 1 aliphatic heterocycles. The zero-order chi connectivity index (χ0) is 21.0. The number of rotatable bonds is 6. The number of alkyl halides is 3. The van der Waals surface area contributed by atoms with Crippen molar-refractivity contribution < 1.29 is 27.4 Å². The van der Waals surface area contributed by atoms with Crippen LogP contribution in [0.5, 0.6) is 11.5 Å². The molecule has 1 N–H and O–H groups in total. The molecule has 5 nitrogen and oxygen atoms in total. The second-order valence-corrected chi connectivity index (χ2v) is 7.02. The van der Waals surface area contributed by atoms with Crippen LogP contribution in [-0.4, -0.2) is 44.3 Å². The van der Waals surface area contributed by atoms with Gasteiger partial charge in [-0.1, -0.05) is 30.3 Å². The van der Waals surface area contributed by atoms with Crippen molar-refractivity contribution >= 4 is 11.6 Å². The van der Waals surface area contributed by atoms with Crippen molar-refractivity contribution in [1.82, 2.24) is 4.90 Å². The summed E-state index contributed by atoms with van der Waals surface area (Å²) in [6, 6.07) is 14.0. The van der Waals surface area contributed by atoms with E-state index in [2.05, 4.69) is 5.32 Å². The number of anilines is 1. The van der Waals surface area contributed by atoms with Gasteiger partial charge in [0.2, 0.25) is 5.91 Å². The van der Waals surface area contributed by atoms with Crippen LogP contribution >= 0.6 is 0 Å². The van der Waals surface area contributed by atoms with Gasteiger partial charge in [-0.25, -0.2) is 0 Å². The first-order valence-corrected chi connectivity index (χ1v) is 9.17. The van der Waals surface area contributed by atoms with E-state index in [0.717, 1.165) is 5.56 Å². The predicted octanol–water partition coefficient (Wildman–Crippen LogP) is 3.95. The van der Waals surface area contributed by atoms with E-state index < -0.39 is 23.9 Å². The van der Waals surface area contributed by atoms with Gasteiger partial charge in [0.25, 0.3) is 0 Å². The average Bonchev–Trinajstić information content (AvgIpc) is 3.13. The van der Waals surface area contributed by atoms with Crippen molar-refractivity contribution in [3.05, 3.63) is 54.1 Å². The molecule has 1 heterocycles. The number of hydrogen-bond acceptors (Lipinski definition) is 4. The number of benzene rings is 2. The number of nitrogens with one attached hydrogen (secondary N) is 1. The Kier molecular flexibility index (Phi) is 6.32. The average molecular weight is 408 g/mol. The molecule has 29 heavy (non-hydrogen) atoms. The van der Waals surface area contributed by atoms with Gasteiger partial charge in [-0.3, -0.25) is 9.69 Å². The Morgan fingerprint density at radius 2 is 1.69 bits per heavy atom. The van der Waals surface area contributed by atoms with Crippen LogP contribution in [0.3, 0.4) is 0 Å². The largest absolute Gasteiger partial charge is 0.497 e. The molecular formula is C21H23F3N2O3. The summed E-state index contributed by atoms with van der Waals surface area (Å²) in [6.07, 6.45) is -4.46. The molecule has 0 aliphatic carbocycles. The molecule has 2 aromatic carbocycles. The first kappa shape index (κ1) is 21.0. The second kappa shape index (κ2) is 8.73. The van der Waals surface area contributed by atoms with E-state index in [1.807, 2.05) is 30.3 Å². The topological polar surface area (TPSA) is 50.8 Å². The summed E-state index contributed by atoms with van der Waals surface area (Å²) in [5, 5.41) is 2.59. The van der Waals surface area contributed by atoms with Crippen molar-refractivity contribution in [2.45, 2.75) is 12.7 Å². The van der Waals surface area contributed by atoms with Crippen LogP contribution in [0.25, 0.3) is 0 Å². The first-order valence-electron chi connectivity index (χ1n) is 9.17. The van der Waals surface area contributed by atoms with Crippen LogP contribution in [0.2, 0.25) is 0 Å². The fraction of sp³-hybridized carbons (Fsp3) is 0.381. The van der Waals surface area contributed by atoms with Crippen molar-refractivity contribution in [3.8, 4) is 11.5 Å². The summed E-state index contributed by atoms with van der Waals surface area (Å²) in [5.74, 6) is -2.72. The third-order valence-electron chi connectivity index (χ3n) is 5.02. The molecule has 156 valence electrons. The zero-order valence-corrected chi connectivity index (χ0v) is 16.2. The molecule has 2 atom stereocenters. The van der Waals surface area contributed by atoms with E-state index in [9.17, 15) is 18.0 Å². The maximum Gasteiger partial charge on any atom is 0.393 e. The normalized spacial score (nSPS) is 19.8. The number of nitrogens with zero attached hydrogens (tertiary/aromatic N) is 1. The van der Waals surface area contributed by atoms with Gasteiger partial charge in [0.05, 0.1) is 26.1 Å². The monoisotopic (exact) mass is 408 g/mol. The summed E-state index contributed by atoms with van der Waals surface area (Å²) in [6.45, 7) is 0.189. The summed E-state index contributed by atoms with van der Waals surface area (Å²) >= 11 is 0. The van der Waals surface area contributed by atoms with Crippen LogP contribution in [0.15, 0.2) is 48.5 Å². The van der Waals surface area contributed by atoms with Crippen LogP contribution in [0, 0.1) is 11.8 Å². The molecule has 3 rings (SSSR count). The molecule has 0 spiro atoms. The van der Waals surface area contributed by atoms with Crippen molar-refractivity contribution in [2.75, 3.05) is 32.6 Å². The van der Waals surface area contributed by atoms with Gasteiger partial charge >= 0.3 is 6.18 Å². The van der Waals surface area contributed by atoms with Crippen molar-refractivity contribution in [1.29, 1.82) is 0 Å². The molecule has 8 heteroatoms. The van der Waals surface area contributed by atoms with E-state index in [1.165, 1.54) is 14.2 Å².